The maximum absolute atomic E-state index is 11.9. The van der Waals surface area contributed by atoms with Crippen LogP contribution in [0.2, 0.25) is 0 Å². The van der Waals surface area contributed by atoms with Crippen molar-refractivity contribution in [3.8, 4) is 0 Å². The highest BCUT2D eigenvalue weighted by atomic mass is 79.9. The van der Waals surface area contributed by atoms with Crippen LogP contribution < -0.4 is 5.32 Å². The fourth-order valence-corrected chi connectivity index (χ4v) is 2.60. The Kier molecular flexibility index (Phi) is 11.9. The lowest BCUT2D eigenvalue weighted by molar-refractivity contribution is -0.132. The lowest BCUT2D eigenvalue weighted by Gasteiger charge is -2.22. The first kappa shape index (κ1) is 22.4. The van der Waals surface area contributed by atoms with E-state index in [0.717, 1.165) is 43.3 Å². The summed E-state index contributed by atoms with van der Waals surface area (Å²) < 4.78 is 5.02. The number of hydrogen-bond acceptors (Lipinski definition) is 5. The van der Waals surface area contributed by atoms with Gasteiger partial charge in [0.05, 0.1) is 19.3 Å². The van der Waals surface area contributed by atoms with E-state index in [1.165, 1.54) is 14.2 Å². The van der Waals surface area contributed by atoms with Gasteiger partial charge in [-0.15, -0.1) is 0 Å². The number of rotatable bonds is 3. The fraction of sp³-hybridized carbons (Fsp3) is 0.667. The quantitative estimate of drug-likeness (QED) is 0.712. The van der Waals surface area contributed by atoms with Crippen molar-refractivity contribution in [1.29, 1.82) is 0 Å². The third kappa shape index (κ3) is 7.31. The molecule has 2 heterocycles. The highest BCUT2D eigenvalue weighted by Crippen LogP contribution is 2.31. The minimum absolute atomic E-state index is 0.144. The molecule has 24 heavy (non-hydrogen) atoms. The molecule has 0 aromatic carbocycles. The van der Waals surface area contributed by atoms with Crippen LogP contribution in [0, 0.1) is 0 Å². The molecule has 1 aromatic rings. The maximum Gasteiger partial charge on any atom is 0.406 e. The number of aromatic amines is 1. The van der Waals surface area contributed by atoms with Gasteiger partial charge in [0.15, 0.2) is 0 Å². The van der Waals surface area contributed by atoms with Crippen molar-refractivity contribution < 1.29 is 19.4 Å². The molecule has 138 valence electrons. The van der Waals surface area contributed by atoms with Crippen LogP contribution in [0.1, 0.15) is 44.5 Å². The van der Waals surface area contributed by atoms with E-state index in [1.54, 1.807) is 6.20 Å². The fourth-order valence-electron chi connectivity index (χ4n) is 2.29. The molecule has 0 saturated carbocycles. The third-order valence-corrected chi connectivity index (χ3v) is 3.71. The Morgan fingerprint density at radius 2 is 2.21 bits per heavy atom. The first-order chi connectivity index (χ1) is 11.5. The van der Waals surface area contributed by atoms with Crippen LogP contribution in [0.15, 0.2) is 10.8 Å². The molecule has 1 atom stereocenters. The van der Waals surface area contributed by atoms with Crippen LogP contribution in [0.3, 0.4) is 0 Å². The summed E-state index contributed by atoms with van der Waals surface area (Å²) in [4.78, 5) is 31.2. The molecule has 1 aliphatic heterocycles. The second kappa shape index (κ2) is 12.8. The highest BCUT2D eigenvalue weighted by molar-refractivity contribution is 9.10. The zero-order chi connectivity index (χ0) is 18.5. The van der Waals surface area contributed by atoms with Crippen molar-refractivity contribution in [2.45, 2.75) is 38.6 Å². The number of likely N-dealkylation sites (tertiary alicyclic amines) is 1. The first-order valence-corrected chi connectivity index (χ1v) is 8.53. The summed E-state index contributed by atoms with van der Waals surface area (Å²) in [5, 5.41) is 9.25. The minimum atomic E-state index is -0.407. The Morgan fingerprint density at radius 3 is 2.62 bits per heavy atom. The summed E-state index contributed by atoms with van der Waals surface area (Å²) in [6.45, 7) is 2.90. The number of halogens is 1. The maximum atomic E-state index is 11.9. The number of methoxy groups -OCH3 is 1. The molecule has 8 nitrogen and oxygen atoms in total. The normalized spacial score (nSPS) is 15.6. The number of hydrogen-bond donors (Lipinski definition) is 3. The molecule has 1 aromatic heterocycles. The van der Waals surface area contributed by atoms with Crippen LogP contribution in [-0.2, 0) is 9.53 Å². The lowest BCUT2D eigenvalue weighted by atomic mass is 10.2. The van der Waals surface area contributed by atoms with E-state index in [0.29, 0.717) is 6.42 Å². The number of alkyl carbamates (subject to hydrolysis) is 1. The van der Waals surface area contributed by atoms with E-state index in [1.807, 2.05) is 11.8 Å². The molecule has 1 aliphatic rings. The Labute approximate surface area is 151 Å². The zero-order valence-electron chi connectivity index (χ0n) is 14.6. The van der Waals surface area contributed by atoms with E-state index in [4.69, 9.17) is 5.11 Å². The topological polar surface area (TPSA) is 108 Å². The van der Waals surface area contributed by atoms with Crippen LogP contribution in [0.4, 0.5) is 4.79 Å². The summed E-state index contributed by atoms with van der Waals surface area (Å²) in [6, 6.07) is 0.144. The smallest absolute Gasteiger partial charge is 0.406 e. The van der Waals surface area contributed by atoms with E-state index in [2.05, 4.69) is 36.0 Å². The molecule has 1 fully saturated rings. The van der Waals surface area contributed by atoms with Gasteiger partial charge in [0.25, 0.3) is 0 Å². The van der Waals surface area contributed by atoms with Crippen LogP contribution in [0.5, 0.6) is 0 Å². The van der Waals surface area contributed by atoms with Gasteiger partial charge in [-0.1, -0.05) is 6.92 Å². The molecule has 0 spiro atoms. The molecular weight excluding hydrogens is 380 g/mol. The van der Waals surface area contributed by atoms with E-state index in [9.17, 15) is 9.59 Å². The number of nitrogens with one attached hydrogen (secondary N) is 2. The minimum Gasteiger partial charge on any atom is -0.453 e. The van der Waals surface area contributed by atoms with Crippen molar-refractivity contribution in [1.82, 2.24) is 20.2 Å². The number of nitrogens with zero attached hydrogens (tertiary/aromatic N) is 2. The van der Waals surface area contributed by atoms with Gasteiger partial charge in [0.2, 0.25) is 5.91 Å². The van der Waals surface area contributed by atoms with Crippen molar-refractivity contribution in [3.05, 3.63) is 16.6 Å². The summed E-state index contributed by atoms with van der Waals surface area (Å²) in [5.74, 6) is 1.14. The van der Waals surface area contributed by atoms with Crippen molar-refractivity contribution in [2.75, 3.05) is 27.8 Å². The SMILES string of the molecule is CCCC(=O)N1CCCC1c1ncc(Br)[nH]1.CNC(=O)OC.CO. The summed E-state index contributed by atoms with van der Waals surface area (Å²) in [7, 11) is 3.82. The molecule has 1 saturated heterocycles. The second-order valence-electron chi connectivity index (χ2n) is 4.85. The summed E-state index contributed by atoms with van der Waals surface area (Å²) in [5.41, 5.74) is 0. The highest BCUT2D eigenvalue weighted by Gasteiger charge is 2.31. The summed E-state index contributed by atoms with van der Waals surface area (Å²) in [6.07, 6.45) is 4.96. The molecule has 3 N–H and O–H groups in total. The molecule has 2 rings (SSSR count). The van der Waals surface area contributed by atoms with Gasteiger partial charge < -0.3 is 25.0 Å². The lowest BCUT2D eigenvalue weighted by Crippen LogP contribution is -2.30. The van der Waals surface area contributed by atoms with Gasteiger partial charge >= 0.3 is 6.09 Å². The number of carbonyl (C=O) groups excluding carboxylic acids is 2. The number of ether oxygens (including phenoxy) is 1. The molecule has 1 unspecified atom stereocenters. The van der Waals surface area contributed by atoms with E-state index >= 15 is 0 Å². The molecule has 2 amide bonds. The molecular formula is C15H27BrN4O4. The van der Waals surface area contributed by atoms with Crippen LogP contribution >= 0.6 is 15.9 Å². The van der Waals surface area contributed by atoms with Gasteiger partial charge in [-0.3, -0.25) is 4.79 Å². The number of H-pyrrole nitrogens is 1. The number of aliphatic hydroxyl groups excluding tert-OH is 1. The number of amides is 2. The molecule has 0 aliphatic carbocycles. The molecule has 0 bridgehead atoms. The average molecular weight is 407 g/mol. The predicted molar refractivity (Wildman–Crippen MR) is 94.5 cm³/mol. The Balaban J connectivity index is 0.000000563. The molecule has 9 heteroatoms. The van der Waals surface area contributed by atoms with Crippen molar-refractivity contribution in [2.24, 2.45) is 0 Å². The predicted octanol–water partition coefficient (Wildman–Crippen LogP) is 2.22. The van der Waals surface area contributed by atoms with Gasteiger partial charge in [0, 0.05) is 27.1 Å². The Bertz CT molecular complexity index is 490. The zero-order valence-corrected chi connectivity index (χ0v) is 16.2. The first-order valence-electron chi connectivity index (χ1n) is 7.73. The Morgan fingerprint density at radius 1 is 1.54 bits per heavy atom. The van der Waals surface area contributed by atoms with E-state index < -0.39 is 6.09 Å². The number of aromatic nitrogens is 2. The van der Waals surface area contributed by atoms with E-state index in [-0.39, 0.29) is 11.9 Å². The van der Waals surface area contributed by atoms with Gasteiger partial charge in [-0.25, -0.2) is 9.78 Å². The number of aliphatic hydroxyl groups is 1. The Hall–Kier alpha value is -1.61. The van der Waals surface area contributed by atoms with Gasteiger partial charge in [-0.05, 0) is 35.2 Å². The number of carbonyl (C=O) groups is 2. The second-order valence-corrected chi connectivity index (χ2v) is 5.71. The average Bonchev–Trinajstić information content (AvgIpc) is 3.25. The standard InChI is InChI=1S/C11H16BrN3O.C3H7NO2.CH4O/c1-2-4-10(16)15-6-3-5-8(15)11-13-7-9(12)14-11;1-4-3(5)6-2;1-2/h7-8H,2-6H2,1H3,(H,13,14);1-2H3,(H,4,5);2H,1H3. The van der Waals surface area contributed by atoms with Gasteiger partial charge in [0.1, 0.15) is 10.4 Å². The van der Waals surface area contributed by atoms with Crippen molar-refractivity contribution >= 4 is 27.9 Å². The third-order valence-electron chi connectivity index (χ3n) is 3.31. The number of imidazole rings is 1. The molecule has 0 radical (unpaired) electrons. The summed E-state index contributed by atoms with van der Waals surface area (Å²) >= 11 is 3.35. The van der Waals surface area contributed by atoms with Crippen LogP contribution in [0.25, 0.3) is 0 Å². The van der Waals surface area contributed by atoms with Gasteiger partial charge in [-0.2, -0.15) is 0 Å². The van der Waals surface area contributed by atoms with Crippen molar-refractivity contribution in [3.63, 3.8) is 0 Å². The monoisotopic (exact) mass is 406 g/mol. The largest absolute Gasteiger partial charge is 0.453 e. The van der Waals surface area contributed by atoms with Crippen LogP contribution in [-0.4, -0.2) is 59.8 Å².